The third-order valence-corrected chi connectivity index (χ3v) is 5.28. The van der Waals surface area contributed by atoms with Crippen LogP contribution in [0.2, 0.25) is 0 Å². The topological polar surface area (TPSA) is 40.5 Å². The van der Waals surface area contributed by atoms with Crippen LogP contribution in [0, 0.1) is 23.2 Å². The highest BCUT2D eigenvalue weighted by molar-refractivity contribution is 5.14. The average molecular weight is 198 g/mol. The van der Waals surface area contributed by atoms with Crippen molar-refractivity contribution in [1.82, 2.24) is 0 Å². The molecule has 2 heteroatoms. The van der Waals surface area contributed by atoms with Crippen molar-refractivity contribution in [3.05, 3.63) is 0 Å². The summed E-state index contributed by atoms with van der Waals surface area (Å²) in [5, 5.41) is 20.1. The van der Waals surface area contributed by atoms with Crippen molar-refractivity contribution in [2.24, 2.45) is 23.2 Å². The van der Waals surface area contributed by atoms with Crippen molar-refractivity contribution in [3.63, 3.8) is 0 Å². The van der Waals surface area contributed by atoms with Crippen LogP contribution in [-0.4, -0.2) is 21.9 Å². The molecule has 3 rings (SSSR count). The van der Waals surface area contributed by atoms with Gasteiger partial charge in [-0.05, 0) is 42.9 Å². The van der Waals surface area contributed by atoms with Gasteiger partial charge in [0.05, 0.1) is 11.7 Å². The summed E-state index contributed by atoms with van der Waals surface area (Å²) in [5.74, 6) is 1.48. The van der Waals surface area contributed by atoms with Gasteiger partial charge in [-0.15, -0.1) is 0 Å². The summed E-state index contributed by atoms with van der Waals surface area (Å²) in [6.07, 6.45) is 1.36. The van der Waals surface area contributed by atoms with Crippen LogP contribution in [0.1, 0.15) is 40.5 Å². The van der Waals surface area contributed by atoms with E-state index in [4.69, 9.17) is 0 Å². The van der Waals surface area contributed by atoms with Gasteiger partial charge in [0, 0.05) is 0 Å². The third-order valence-electron chi connectivity index (χ3n) is 5.28. The molecule has 3 aliphatic carbocycles. The molecule has 5 atom stereocenters. The Bertz CT molecular complexity index is 247. The summed E-state index contributed by atoms with van der Waals surface area (Å²) < 4.78 is 0. The largest absolute Gasteiger partial charge is 0.390 e. The monoisotopic (exact) mass is 198 g/mol. The molecule has 2 N–H and O–H groups in total. The van der Waals surface area contributed by atoms with Crippen LogP contribution in [0.5, 0.6) is 0 Å². The van der Waals surface area contributed by atoms with Crippen LogP contribution >= 0.6 is 0 Å². The molecule has 0 spiro atoms. The first-order valence-electron chi connectivity index (χ1n) is 5.71. The fraction of sp³-hybridized carbons (Fsp3) is 1.00. The zero-order valence-corrected chi connectivity index (χ0v) is 9.62. The van der Waals surface area contributed by atoms with Gasteiger partial charge in [-0.2, -0.15) is 0 Å². The molecular formula is C12H22O2. The lowest BCUT2D eigenvalue weighted by atomic mass is 9.40. The second-order valence-electron chi connectivity index (χ2n) is 5.98. The summed E-state index contributed by atoms with van der Waals surface area (Å²) in [6, 6.07) is 0. The van der Waals surface area contributed by atoms with E-state index >= 15 is 0 Å². The van der Waals surface area contributed by atoms with E-state index in [1.54, 1.807) is 6.92 Å². The highest BCUT2D eigenvalue weighted by Gasteiger charge is 2.65. The smallest absolute Gasteiger partial charge is 0.0911 e. The molecule has 3 saturated carbocycles. The predicted octanol–water partition coefficient (Wildman–Crippen LogP) is 1.80. The van der Waals surface area contributed by atoms with Crippen molar-refractivity contribution >= 4 is 0 Å². The Labute approximate surface area is 86.3 Å². The molecule has 0 heterocycles. The Morgan fingerprint density at radius 2 is 1.79 bits per heavy atom. The molecule has 3 aliphatic rings. The van der Waals surface area contributed by atoms with Gasteiger partial charge < -0.3 is 10.2 Å². The standard InChI is InChI=1S/C12H22O2/c1-7(2)11(3)8-5-9(11)12(4,14)10(13)6-8/h7-10,13-14H,5-6H2,1-4H3/t8-,9-,10+,11?,12-/m0/s1. The van der Waals surface area contributed by atoms with Crippen LogP contribution in [0.4, 0.5) is 0 Å². The average Bonchev–Trinajstić information content (AvgIpc) is 2.06. The molecule has 2 bridgehead atoms. The molecule has 1 unspecified atom stereocenters. The maximum absolute atomic E-state index is 10.3. The number of fused-ring (bicyclic) bond motifs is 2. The lowest BCUT2D eigenvalue weighted by molar-refractivity contribution is -0.264. The molecule has 0 amide bonds. The zero-order valence-electron chi connectivity index (χ0n) is 9.62. The highest BCUT2D eigenvalue weighted by atomic mass is 16.3. The Morgan fingerprint density at radius 3 is 2.21 bits per heavy atom. The first kappa shape index (κ1) is 10.4. The Hall–Kier alpha value is -0.0800. The van der Waals surface area contributed by atoms with Gasteiger partial charge in [-0.25, -0.2) is 0 Å². The molecule has 0 aliphatic heterocycles. The minimum atomic E-state index is -0.867. The predicted molar refractivity (Wildman–Crippen MR) is 55.8 cm³/mol. The summed E-state index contributed by atoms with van der Waals surface area (Å²) in [5.41, 5.74) is -0.628. The minimum absolute atomic E-state index is 0.239. The SMILES string of the molecule is CC(C)C1(C)[C@@H]2C[C@@H](O)[C@@](C)(O)[C@H]1C2. The number of aliphatic hydroxyl groups is 2. The molecule has 0 saturated heterocycles. The molecule has 0 aromatic carbocycles. The van der Waals surface area contributed by atoms with E-state index in [2.05, 4.69) is 20.8 Å². The number of rotatable bonds is 1. The van der Waals surface area contributed by atoms with E-state index in [1.165, 1.54) is 0 Å². The Balaban J connectivity index is 2.29. The summed E-state index contributed by atoms with van der Waals surface area (Å²) in [7, 11) is 0. The third kappa shape index (κ3) is 0.989. The highest BCUT2D eigenvalue weighted by Crippen LogP contribution is 2.65. The van der Waals surface area contributed by atoms with Crippen molar-refractivity contribution in [3.8, 4) is 0 Å². The van der Waals surface area contributed by atoms with Gasteiger partial charge in [0.2, 0.25) is 0 Å². The lowest BCUT2D eigenvalue weighted by Crippen LogP contribution is -2.68. The first-order chi connectivity index (χ1) is 6.31. The fourth-order valence-corrected chi connectivity index (χ4v) is 3.75. The van der Waals surface area contributed by atoms with Gasteiger partial charge in [-0.1, -0.05) is 20.8 Å². The normalized spacial score (nSPS) is 57.2. The molecule has 82 valence electrons. The number of hydrogen-bond donors (Lipinski definition) is 2. The second kappa shape index (κ2) is 2.73. The van der Waals surface area contributed by atoms with Gasteiger partial charge in [0.25, 0.3) is 0 Å². The molecular weight excluding hydrogens is 176 g/mol. The van der Waals surface area contributed by atoms with Gasteiger partial charge >= 0.3 is 0 Å². The van der Waals surface area contributed by atoms with E-state index in [9.17, 15) is 10.2 Å². The summed E-state index contributed by atoms with van der Waals surface area (Å²) in [4.78, 5) is 0. The maximum atomic E-state index is 10.3. The van der Waals surface area contributed by atoms with Crippen LogP contribution in [0.3, 0.4) is 0 Å². The lowest BCUT2D eigenvalue weighted by Gasteiger charge is -2.67. The van der Waals surface area contributed by atoms with Gasteiger partial charge in [0.1, 0.15) is 0 Å². The van der Waals surface area contributed by atoms with E-state index in [0.717, 1.165) is 12.8 Å². The molecule has 0 aromatic rings. The van der Waals surface area contributed by atoms with Crippen LogP contribution in [-0.2, 0) is 0 Å². The molecule has 14 heavy (non-hydrogen) atoms. The van der Waals surface area contributed by atoms with E-state index in [1.807, 2.05) is 0 Å². The van der Waals surface area contributed by atoms with Crippen molar-refractivity contribution < 1.29 is 10.2 Å². The van der Waals surface area contributed by atoms with Crippen molar-refractivity contribution in [2.45, 2.75) is 52.2 Å². The maximum Gasteiger partial charge on any atom is 0.0911 e. The molecule has 0 aromatic heterocycles. The summed E-state index contributed by atoms with van der Waals surface area (Å²) in [6.45, 7) is 8.54. The molecule has 2 nitrogen and oxygen atoms in total. The minimum Gasteiger partial charge on any atom is -0.390 e. The van der Waals surface area contributed by atoms with Gasteiger partial charge in [0.15, 0.2) is 0 Å². The van der Waals surface area contributed by atoms with Crippen molar-refractivity contribution in [2.75, 3.05) is 0 Å². The van der Waals surface area contributed by atoms with E-state index in [0.29, 0.717) is 11.8 Å². The van der Waals surface area contributed by atoms with Crippen LogP contribution in [0.15, 0.2) is 0 Å². The van der Waals surface area contributed by atoms with Crippen LogP contribution < -0.4 is 0 Å². The van der Waals surface area contributed by atoms with Crippen LogP contribution in [0.25, 0.3) is 0 Å². The zero-order chi connectivity index (χ0) is 10.7. The first-order valence-corrected chi connectivity index (χ1v) is 5.71. The summed E-state index contributed by atoms with van der Waals surface area (Å²) >= 11 is 0. The second-order valence-corrected chi connectivity index (χ2v) is 5.98. The molecule has 3 fully saturated rings. The molecule has 0 radical (unpaired) electrons. The van der Waals surface area contributed by atoms with Crippen molar-refractivity contribution in [1.29, 1.82) is 0 Å². The van der Waals surface area contributed by atoms with E-state index in [-0.39, 0.29) is 11.3 Å². The number of hydrogen-bond acceptors (Lipinski definition) is 2. The Morgan fingerprint density at radius 1 is 1.21 bits per heavy atom. The van der Waals surface area contributed by atoms with Gasteiger partial charge in [-0.3, -0.25) is 0 Å². The Kier molecular flexibility index (Phi) is 2.04. The quantitative estimate of drug-likeness (QED) is 0.674. The number of aliphatic hydroxyl groups excluding tert-OH is 1. The fourth-order valence-electron chi connectivity index (χ4n) is 3.75. The van der Waals surface area contributed by atoms with E-state index < -0.39 is 11.7 Å².